The van der Waals surface area contributed by atoms with E-state index in [0.717, 1.165) is 54.3 Å². The van der Waals surface area contributed by atoms with E-state index in [1.807, 2.05) is 19.1 Å². The normalized spacial score (nSPS) is 14.3. The van der Waals surface area contributed by atoms with Crippen molar-refractivity contribution in [2.24, 2.45) is 10.9 Å². The van der Waals surface area contributed by atoms with Crippen molar-refractivity contribution in [3.05, 3.63) is 40.0 Å². The fourth-order valence-electron chi connectivity index (χ4n) is 2.46. The summed E-state index contributed by atoms with van der Waals surface area (Å²) in [5, 5.41) is 9.87. The molecule has 6 nitrogen and oxygen atoms in total. The minimum absolute atomic E-state index is 0.591. The van der Waals surface area contributed by atoms with Gasteiger partial charge in [-0.25, -0.2) is 15.0 Å². The lowest BCUT2D eigenvalue weighted by Crippen LogP contribution is -2.38. The van der Waals surface area contributed by atoms with E-state index in [-0.39, 0.29) is 0 Å². The smallest absolute Gasteiger partial charge is 0.213 e. The summed E-state index contributed by atoms with van der Waals surface area (Å²) < 4.78 is 5.74. The van der Waals surface area contributed by atoms with Gasteiger partial charge in [0.25, 0.3) is 0 Å². The molecule has 0 atom stereocenters. The van der Waals surface area contributed by atoms with Gasteiger partial charge in [-0.05, 0) is 44.2 Å². The molecule has 140 valence electrons. The summed E-state index contributed by atoms with van der Waals surface area (Å²) >= 11 is 1.69. The Bertz CT molecular complexity index is 726. The highest BCUT2D eigenvalue weighted by atomic mass is 32.1. The number of thiazole rings is 1. The Hall–Kier alpha value is -2.15. The third-order valence-electron chi connectivity index (χ3n) is 4.07. The largest absolute Gasteiger partial charge is 0.477 e. The average Bonchev–Trinajstić information content (AvgIpc) is 3.39. The van der Waals surface area contributed by atoms with Gasteiger partial charge >= 0.3 is 0 Å². The van der Waals surface area contributed by atoms with Gasteiger partial charge in [-0.1, -0.05) is 0 Å². The van der Waals surface area contributed by atoms with Crippen molar-refractivity contribution in [2.45, 2.75) is 39.7 Å². The Balaban J connectivity index is 1.49. The predicted octanol–water partition coefficient (Wildman–Crippen LogP) is 2.93. The minimum atomic E-state index is 0.591. The standard InChI is InChI=1S/C19H27N5OS/c1-3-20-19(22-9-7-17-13-26-14(2)24-17)23-11-16-6-8-21-18(10-16)25-12-15-4-5-15/h6,8,10,13,15H,3-5,7,9,11-12H2,1-2H3,(H2,20,22,23). The Morgan fingerprint density at radius 3 is 3.00 bits per heavy atom. The lowest BCUT2D eigenvalue weighted by atomic mass is 10.3. The zero-order valence-electron chi connectivity index (χ0n) is 15.5. The van der Waals surface area contributed by atoms with E-state index in [4.69, 9.17) is 4.74 Å². The van der Waals surface area contributed by atoms with Crippen LogP contribution in [0.15, 0.2) is 28.7 Å². The van der Waals surface area contributed by atoms with Crippen molar-refractivity contribution in [1.29, 1.82) is 0 Å². The van der Waals surface area contributed by atoms with E-state index in [0.29, 0.717) is 12.4 Å². The molecule has 0 bridgehead atoms. The fourth-order valence-corrected chi connectivity index (χ4v) is 3.11. The van der Waals surface area contributed by atoms with E-state index < -0.39 is 0 Å². The first-order chi connectivity index (χ1) is 12.7. The lowest BCUT2D eigenvalue weighted by Gasteiger charge is -2.11. The van der Waals surface area contributed by atoms with Crippen LogP contribution in [0.25, 0.3) is 0 Å². The van der Waals surface area contributed by atoms with E-state index in [2.05, 4.69) is 37.9 Å². The molecule has 1 saturated carbocycles. The first-order valence-electron chi connectivity index (χ1n) is 9.24. The van der Waals surface area contributed by atoms with Gasteiger partial charge in [0.15, 0.2) is 5.96 Å². The zero-order chi connectivity index (χ0) is 18.2. The highest BCUT2D eigenvalue weighted by Gasteiger charge is 2.22. The molecule has 0 unspecified atom stereocenters. The number of rotatable bonds is 9. The van der Waals surface area contributed by atoms with Gasteiger partial charge in [0, 0.05) is 37.2 Å². The molecule has 1 aliphatic carbocycles. The number of aryl methyl sites for hydroxylation is 1. The van der Waals surface area contributed by atoms with Crippen molar-refractivity contribution in [3.63, 3.8) is 0 Å². The molecule has 2 aromatic heterocycles. The Labute approximate surface area is 159 Å². The summed E-state index contributed by atoms with van der Waals surface area (Å²) in [4.78, 5) is 13.4. The lowest BCUT2D eigenvalue weighted by molar-refractivity contribution is 0.288. The molecule has 0 spiro atoms. The topological polar surface area (TPSA) is 71.4 Å². The van der Waals surface area contributed by atoms with Crippen molar-refractivity contribution in [3.8, 4) is 5.88 Å². The Kier molecular flexibility index (Phi) is 6.82. The SMILES string of the molecule is CCNC(=NCc1ccnc(OCC2CC2)c1)NCCc1csc(C)n1. The van der Waals surface area contributed by atoms with Gasteiger partial charge in [-0.15, -0.1) is 11.3 Å². The van der Waals surface area contributed by atoms with Crippen LogP contribution in [0.1, 0.15) is 36.0 Å². The molecule has 26 heavy (non-hydrogen) atoms. The number of pyridine rings is 1. The quantitative estimate of drug-likeness (QED) is 0.522. The van der Waals surface area contributed by atoms with Crippen LogP contribution in [0.4, 0.5) is 0 Å². The summed E-state index contributed by atoms with van der Waals surface area (Å²) in [5.41, 5.74) is 2.22. The van der Waals surface area contributed by atoms with Crippen molar-refractivity contribution < 1.29 is 4.74 Å². The highest BCUT2D eigenvalue weighted by molar-refractivity contribution is 7.09. The number of aliphatic imine (C=N–C) groups is 1. The van der Waals surface area contributed by atoms with Gasteiger partial charge in [0.2, 0.25) is 5.88 Å². The molecular formula is C19H27N5OS. The van der Waals surface area contributed by atoms with Crippen LogP contribution in [0, 0.1) is 12.8 Å². The van der Waals surface area contributed by atoms with Crippen LogP contribution in [0.5, 0.6) is 5.88 Å². The van der Waals surface area contributed by atoms with Gasteiger partial charge in [0.05, 0.1) is 23.9 Å². The molecule has 2 N–H and O–H groups in total. The maximum atomic E-state index is 5.74. The number of aromatic nitrogens is 2. The van der Waals surface area contributed by atoms with Gasteiger partial charge in [0.1, 0.15) is 0 Å². The Morgan fingerprint density at radius 1 is 1.38 bits per heavy atom. The molecule has 1 aliphatic rings. The van der Waals surface area contributed by atoms with Crippen LogP contribution in [-0.4, -0.2) is 35.6 Å². The van der Waals surface area contributed by atoms with Crippen LogP contribution < -0.4 is 15.4 Å². The predicted molar refractivity (Wildman–Crippen MR) is 106 cm³/mol. The number of guanidine groups is 1. The monoisotopic (exact) mass is 373 g/mol. The highest BCUT2D eigenvalue weighted by Crippen LogP contribution is 2.29. The van der Waals surface area contributed by atoms with E-state index in [1.165, 1.54) is 12.8 Å². The number of hydrogen-bond donors (Lipinski definition) is 2. The molecule has 3 rings (SSSR count). The van der Waals surface area contributed by atoms with E-state index >= 15 is 0 Å². The van der Waals surface area contributed by atoms with E-state index in [9.17, 15) is 0 Å². The molecule has 2 aromatic rings. The zero-order valence-corrected chi connectivity index (χ0v) is 16.3. The van der Waals surface area contributed by atoms with E-state index in [1.54, 1.807) is 17.5 Å². The Morgan fingerprint density at radius 2 is 2.27 bits per heavy atom. The molecule has 0 saturated heterocycles. The molecule has 0 amide bonds. The molecule has 2 heterocycles. The summed E-state index contributed by atoms with van der Waals surface area (Å²) in [5.74, 6) is 2.24. The van der Waals surface area contributed by atoms with Crippen molar-refractivity contribution in [1.82, 2.24) is 20.6 Å². The summed E-state index contributed by atoms with van der Waals surface area (Å²) in [6, 6.07) is 3.96. The second-order valence-corrected chi connectivity index (χ2v) is 7.55. The third-order valence-corrected chi connectivity index (χ3v) is 4.89. The maximum absolute atomic E-state index is 5.74. The maximum Gasteiger partial charge on any atom is 0.213 e. The summed E-state index contributed by atoms with van der Waals surface area (Å²) in [6.45, 7) is 7.10. The molecule has 7 heteroatoms. The molecule has 1 fully saturated rings. The third kappa shape index (κ3) is 6.29. The molecule has 0 aliphatic heterocycles. The number of ether oxygens (including phenoxy) is 1. The van der Waals surface area contributed by atoms with Gasteiger partial charge in [-0.2, -0.15) is 0 Å². The first-order valence-corrected chi connectivity index (χ1v) is 10.1. The summed E-state index contributed by atoms with van der Waals surface area (Å²) in [7, 11) is 0. The van der Waals surface area contributed by atoms with Gasteiger partial charge in [-0.3, -0.25) is 0 Å². The van der Waals surface area contributed by atoms with Crippen LogP contribution in [0.3, 0.4) is 0 Å². The van der Waals surface area contributed by atoms with Crippen LogP contribution in [-0.2, 0) is 13.0 Å². The van der Waals surface area contributed by atoms with Crippen molar-refractivity contribution >= 4 is 17.3 Å². The van der Waals surface area contributed by atoms with Gasteiger partial charge < -0.3 is 15.4 Å². The second-order valence-electron chi connectivity index (χ2n) is 6.49. The minimum Gasteiger partial charge on any atom is -0.477 e. The van der Waals surface area contributed by atoms with Crippen LogP contribution >= 0.6 is 11.3 Å². The average molecular weight is 374 g/mol. The molecular weight excluding hydrogens is 346 g/mol. The first kappa shape index (κ1) is 18.6. The molecule has 0 aromatic carbocycles. The number of nitrogens with zero attached hydrogens (tertiary/aromatic N) is 3. The second kappa shape index (κ2) is 9.52. The summed E-state index contributed by atoms with van der Waals surface area (Å²) in [6.07, 6.45) is 5.24. The fraction of sp³-hybridized carbons (Fsp3) is 0.526. The van der Waals surface area contributed by atoms with Crippen molar-refractivity contribution in [2.75, 3.05) is 19.7 Å². The molecule has 0 radical (unpaired) electrons. The number of nitrogens with one attached hydrogen (secondary N) is 2. The van der Waals surface area contributed by atoms with Crippen LogP contribution in [0.2, 0.25) is 0 Å². The number of hydrogen-bond acceptors (Lipinski definition) is 5.